The van der Waals surface area contributed by atoms with Crippen molar-refractivity contribution in [1.29, 1.82) is 0 Å². The molecule has 0 aliphatic heterocycles. The smallest absolute Gasteiger partial charge is 0.269 e. The number of non-ortho nitro benzene ring substituents is 1. The molecular weight excluding hydrogens is 222 g/mol. The average molecular weight is 239 g/mol. The molecule has 0 saturated heterocycles. The van der Waals surface area contributed by atoms with Crippen molar-refractivity contribution < 1.29 is 14.4 Å². The van der Waals surface area contributed by atoms with Crippen LogP contribution in [0.3, 0.4) is 0 Å². The van der Waals surface area contributed by atoms with E-state index in [1.807, 2.05) is 0 Å². The molecule has 0 atom stereocenters. The van der Waals surface area contributed by atoms with E-state index in [9.17, 15) is 10.1 Å². The van der Waals surface area contributed by atoms with Crippen LogP contribution in [0, 0.1) is 10.1 Å². The maximum Gasteiger partial charge on any atom is 0.269 e. The van der Waals surface area contributed by atoms with Gasteiger partial charge in [0.25, 0.3) is 5.69 Å². The second kappa shape index (κ2) is 6.98. The number of hydrogen-bond acceptors (Lipinski definition) is 4. The number of nitrogens with zero attached hydrogens (tertiary/aromatic N) is 1. The first-order valence-electron chi connectivity index (χ1n) is 5.43. The van der Waals surface area contributed by atoms with Gasteiger partial charge in [-0.1, -0.05) is 6.07 Å². The summed E-state index contributed by atoms with van der Waals surface area (Å²) in [6, 6.07) is 4.94. The summed E-state index contributed by atoms with van der Waals surface area (Å²) < 4.78 is 10.0. The van der Waals surface area contributed by atoms with Crippen LogP contribution in [-0.2, 0) is 22.3 Å². The van der Waals surface area contributed by atoms with Crippen molar-refractivity contribution >= 4 is 5.69 Å². The fraction of sp³-hybridized carbons (Fsp3) is 0.500. The molecule has 0 aromatic heterocycles. The zero-order valence-electron chi connectivity index (χ0n) is 10.1. The molecule has 1 rings (SSSR count). The van der Waals surface area contributed by atoms with Gasteiger partial charge in [-0.25, -0.2) is 0 Å². The Bertz CT molecular complexity index is 379. The molecule has 0 N–H and O–H groups in total. The van der Waals surface area contributed by atoms with E-state index in [2.05, 4.69) is 0 Å². The number of hydrogen-bond donors (Lipinski definition) is 0. The lowest BCUT2D eigenvalue weighted by molar-refractivity contribution is -0.384. The number of methoxy groups -OCH3 is 2. The molecule has 0 unspecified atom stereocenters. The van der Waals surface area contributed by atoms with Crippen molar-refractivity contribution in [2.45, 2.75) is 12.8 Å². The van der Waals surface area contributed by atoms with Gasteiger partial charge in [0.1, 0.15) is 0 Å². The van der Waals surface area contributed by atoms with E-state index < -0.39 is 0 Å². The second-order valence-corrected chi connectivity index (χ2v) is 3.70. The third-order valence-corrected chi connectivity index (χ3v) is 2.55. The highest BCUT2D eigenvalue weighted by atomic mass is 16.6. The van der Waals surface area contributed by atoms with Crippen LogP contribution < -0.4 is 0 Å². The molecule has 1 aromatic rings. The lowest BCUT2D eigenvalue weighted by atomic mass is 10.0. The Hall–Kier alpha value is -1.46. The minimum Gasteiger partial charge on any atom is -0.384 e. The summed E-state index contributed by atoms with van der Waals surface area (Å²) in [7, 11) is 3.26. The van der Waals surface area contributed by atoms with Crippen molar-refractivity contribution in [3.05, 3.63) is 39.4 Å². The molecular formula is C12H17NO4. The summed E-state index contributed by atoms with van der Waals surface area (Å²) in [6.07, 6.45) is 1.44. The lowest BCUT2D eigenvalue weighted by Crippen LogP contribution is -2.03. The van der Waals surface area contributed by atoms with E-state index in [1.54, 1.807) is 26.4 Å². The fourth-order valence-electron chi connectivity index (χ4n) is 1.63. The number of nitro benzene ring substituents is 1. The van der Waals surface area contributed by atoms with Crippen LogP contribution in [0.5, 0.6) is 0 Å². The Kier molecular flexibility index (Phi) is 5.59. The molecule has 0 aliphatic carbocycles. The summed E-state index contributed by atoms with van der Waals surface area (Å²) in [5.41, 5.74) is 2.16. The monoisotopic (exact) mass is 239 g/mol. The first kappa shape index (κ1) is 13.6. The minimum absolute atomic E-state index is 0.122. The molecule has 0 aliphatic rings. The largest absolute Gasteiger partial charge is 0.384 e. The van der Waals surface area contributed by atoms with Crippen LogP contribution in [0.15, 0.2) is 18.2 Å². The van der Waals surface area contributed by atoms with Crippen molar-refractivity contribution in [3.63, 3.8) is 0 Å². The SMILES string of the molecule is COCCc1ccc([N+](=O)[O-])cc1CCOC. The van der Waals surface area contributed by atoms with E-state index in [4.69, 9.17) is 9.47 Å². The van der Waals surface area contributed by atoms with Gasteiger partial charge in [-0.2, -0.15) is 0 Å². The molecule has 0 amide bonds. The standard InChI is InChI=1S/C12H17NO4/c1-16-7-5-10-3-4-12(13(14)15)9-11(10)6-8-17-2/h3-4,9H,5-8H2,1-2H3. The van der Waals surface area contributed by atoms with E-state index in [-0.39, 0.29) is 10.6 Å². The average Bonchev–Trinajstić information content (AvgIpc) is 2.34. The predicted molar refractivity (Wildman–Crippen MR) is 64.3 cm³/mol. The summed E-state index contributed by atoms with van der Waals surface area (Å²) in [5.74, 6) is 0. The molecule has 17 heavy (non-hydrogen) atoms. The van der Waals surface area contributed by atoms with Gasteiger partial charge in [0.05, 0.1) is 18.1 Å². The molecule has 0 saturated carbocycles. The quantitative estimate of drug-likeness (QED) is 0.539. The van der Waals surface area contributed by atoms with Crippen molar-refractivity contribution in [2.75, 3.05) is 27.4 Å². The normalized spacial score (nSPS) is 10.5. The van der Waals surface area contributed by atoms with Crippen molar-refractivity contribution in [1.82, 2.24) is 0 Å². The van der Waals surface area contributed by atoms with Crippen LogP contribution >= 0.6 is 0 Å². The molecule has 0 fully saturated rings. The Labute approximate surface area is 101 Å². The predicted octanol–water partition coefficient (Wildman–Crippen LogP) is 1.97. The van der Waals surface area contributed by atoms with Crippen molar-refractivity contribution in [2.24, 2.45) is 0 Å². The van der Waals surface area contributed by atoms with Crippen LogP contribution in [0.1, 0.15) is 11.1 Å². The highest BCUT2D eigenvalue weighted by Crippen LogP contribution is 2.19. The van der Waals surface area contributed by atoms with Gasteiger partial charge in [0.2, 0.25) is 0 Å². The van der Waals surface area contributed by atoms with Crippen LogP contribution in [0.25, 0.3) is 0 Å². The Balaban J connectivity index is 2.90. The first-order chi connectivity index (χ1) is 8.19. The highest BCUT2D eigenvalue weighted by Gasteiger charge is 2.10. The highest BCUT2D eigenvalue weighted by molar-refractivity contribution is 5.40. The fourth-order valence-corrected chi connectivity index (χ4v) is 1.63. The third kappa shape index (κ3) is 4.13. The Morgan fingerprint density at radius 1 is 1.12 bits per heavy atom. The Morgan fingerprint density at radius 2 is 1.71 bits per heavy atom. The van der Waals surface area contributed by atoms with Crippen LogP contribution in [0.4, 0.5) is 5.69 Å². The van der Waals surface area contributed by atoms with E-state index >= 15 is 0 Å². The van der Waals surface area contributed by atoms with Crippen molar-refractivity contribution in [3.8, 4) is 0 Å². The summed E-state index contributed by atoms with van der Waals surface area (Å²) in [4.78, 5) is 10.3. The zero-order valence-corrected chi connectivity index (χ0v) is 10.1. The molecule has 0 bridgehead atoms. The lowest BCUT2D eigenvalue weighted by Gasteiger charge is -2.08. The van der Waals surface area contributed by atoms with E-state index in [0.29, 0.717) is 19.6 Å². The first-order valence-corrected chi connectivity index (χ1v) is 5.43. The maximum absolute atomic E-state index is 10.7. The van der Waals surface area contributed by atoms with Crippen LogP contribution in [0.2, 0.25) is 0 Å². The number of nitro groups is 1. The zero-order chi connectivity index (χ0) is 12.7. The maximum atomic E-state index is 10.7. The topological polar surface area (TPSA) is 61.6 Å². The van der Waals surface area contributed by atoms with E-state index in [0.717, 1.165) is 17.5 Å². The number of ether oxygens (including phenoxy) is 2. The number of rotatable bonds is 7. The van der Waals surface area contributed by atoms with E-state index in [1.165, 1.54) is 6.07 Å². The minimum atomic E-state index is -0.379. The summed E-state index contributed by atoms with van der Waals surface area (Å²) in [5, 5.41) is 10.7. The van der Waals surface area contributed by atoms with Gasteiger partial charge in [-0.05, 0) is 24.0 Å². The van der Waals surface area contributed by atoms with Gasteiger partial charge in [-0.3, -0.25) is 10.1 Å². The van der Waals surface area contributed by atoms with Gasteiger partial charge >= 0.3 is 0 Å². The van der Waals surface area contributed by atoms with Crippen LogP contribution in [-0.4, -0.2) is 32.4 Å². The number of benzene rings is 1. The molecule has 0 radical (unpaired) electrons. The summed E-state index contributed by atoms with van der Waals surface area (Å²) >= 11 is 0. The molecule has 94 valence electrons. The summed E-state index contributed by atoms with van der Waals surface area (Å²) in [6.45, 7) is 1.17. The Morgan fingerprint density at radius 3 is 2.24 bits per heavy atom. The molecule has 1 aromatic carbocycles. The molecule has 0 heterocycles. The third-order valence-electron chi connectivity index (χ3n) is 2.55. The van der Waals surface area contributed by atoms with Gasteiger partial charge in [-0.15, -0.1) is 0 Å². The second-order valence-electron chi connectivity index (χ2n) is 3.70. The van der Waals surface area contributed by atoms with Gasteiger partial charge < -0.3 is 9.47 Å². The molecule has 0 spiro atoms. The van der Waals surface area contributed by atoms with Gasteiger partial charge in [0.15, 0.2) is 0 Å². The molecule has 5 nitrogen and oxygen atoms in total. The molecule has 5 heteroatoms. The van der Waals surface area contributed by atoms with Gasteiger partial charge in [0, 0.05) is 26.4 Å².